The number of hydrogen-bond donors (Lipinski definition) is 0. The van der Waals surface area contributed by atoms with Gasteiger partial charge < -0.3 is 4.90 Å². The molecule has 2 heteroatoms. The van der Waals surface area contributed by atoms with E-state index >= 15 is 0 Å². The summed E-state index contributed by atoms with van der Waals surface area (Å²) < 4.78 is 2.63. The van der Waals surface area contributed by atoms with E-state index in [1.807, 2.05) is 11.3 Å². The van der Waals surface area contributed by atoms with Crippen LogP contribution in [0, 0.1) is 0 Å². The van der Waals surface area contributed by atoms with Crippen LogP contribution in [0.2, 0.25) is 0 Å². The normalized spacial score (nSPS) is 13.3. The van der Waals surface area contributed by atoms with Gasteiger partial charge in [-0.2, -0.15) is 0 Å². The van der Waals surface area contributed by atoms with Crippen LogP contribution in [-0.4, -0.2) is 0 Å². The van der Waals surface area contributed by atoms with Crippen LogP contribution in [0.4, 0.5) is 17.1 Å². The monoisotopic (exact) mass is 593 g/mol. The van der Waals surface area contributed by atoms with Crippen LogP contribution >= 0.6 is 11.3 Å². The van der Waals surface area contributed by atoms with Crippen molar-refractivity contribution in [1.82, 2.24) is 0 Å². The Morgan fingerprint density at radius 3 is 2.09 bits per heavy atom. The van der Waals surface area contributed by atoms with E-state index in [0.29, 0.717) is 0 Å². The number of rotatable bonds is 4. The standard InChI is InChI=1S/C43H31NS/c1-43(2)36-16-8-6-15-35(36)42-37(43)26-21-30-13-10-17-38(41(30)42)44(31-22-19-29(20-23-31)28-11-4-3-5-12-28)32-24-25-34-33-14-7-9-18-39(33)45-40(34)27-32/h3-27H,1-2H3. The summed E-state index contributed by atoms with van der Waals surface area (Å²) in [5.41, 5.74) is 11.4. The van der Waals surface area contributed by atoms with Crippen LogP contribution in [0.1, 0.15) is 25.0 Å². The summed E-state index contributed by atoms with van der Waals surface area (Å²) in [6.45, 7) is 4.73. The zero-order chi connectivity index (χ0) is 30.1. The van der Waals surface area contributed by atoms with Crippen LogP contribution in [0.15, 0.2) is 152 Å². The lowest BCUT2D eigenvalue weighted by Gasteiger charge is -2.28. The topological polar surface area (TPSA) is 3.24 Å². The lowest BCUT2D eigenvalue weighted by atomic mass is 9.82. The van der Waals surface area contributed by atoms with Crippen molar-refractivity contribution in [2.24, 2.45) is 0 Å². The van der Waals surface area contributed by atoms with E-state index in [2.05, 4.69) is 170 Å². The third-order valence-electron chi connectivity index (χ3n) is 9.66. The molecule has 1 aliphatic carbocycles. The molecular weight excluding hydrogens is 563 g/mol. The molecule has 0 N–H and O–H groups in total. The van der Waals surface area contributed by atoms with Crippen molar-refractivity contribution in [2.45, 2.75) is 19.3 Å². The molecule has 214 valence electrons. The Balaban J connectivity index is 1.32. The Kier molecular flexibility index (Phi) is 5.78. The molecule has 0 saturated carbocycles. The zero-order valence-corrected chi connectivity index (χ0v) is 26.1. The summed E-state index contributed by atoms with van der Waals surface area (Å²) in [6.07, 6.45) is 0. The van der Waals surface area contributed by atoms with Crippen molar-refractivity contribution < 1.29 is 0 Å². The fourth-order valence-electron chi connectivity index (χ4n) is 7.45. The van der Waals surface area contributed by atoms with E-state index < -0.39 is 0 Å². The van der Waals surface area contributed by atoms with E-state index in [1.165, 1.54) is 70.0 Å². The zero-order valence-electron chi connectivity index (χ0n) is 25.3. The molecule has 0 bridgehead atoms. The SMILES string of the molecule is CC1(C)c2ccccc2-c2c1ccc1cccc(N(c3ccc(-c4ccccc4)cc3)c3ccc4c(c3)sc3ccccc34)c21. The largest absolute Gasteiger partial charge is 0.310 e. The molecule has 0 unspecified atom stereocenters. The Labute approximate surface area is 267 Å². The van der Waals surface area contributed by atoms with Crippen LogP contribution in [0.25, 0.3) is 53.2 Å². The van der Waals surface area contributed by atoms with Crippen LogP contribution < -0.4 is 4.90 Å². The van der Waals surface area contributed by atoms with Crippen LogP contribution in [-0.2, 0) is 5.41 Å². The summed E-state index contributed by atoms with van der Waals surface area (Å²) in [5, 5.41) is 5.20. The fraction of sp³-hybridized carbons (Fsp3) is 0.0698. The average molecular weight is 594 g/mol. The molecule has 9 rings (SSSR count). The minimum Gasteiger partial charge on any atom is -0.310 e. The highest BCUT2D eigenvalue weighted by atomic mass is 32.1. The molecule has 0 atom stereocenters. The van der Waals surface area contributed by atoms with E-state index in [9.17, 15) is 0 Å². The highest BCUT2D eigenvalue weighted by Crippen LogP contribution is 2.54. The maximum Gasteiger partial charge on any atom is 0.0546 e. The predicted octanol–water partition coefficient (Wildman–Crippen LogP) is 12.7. The molecule has 7 aromatic carbocycles. The first-order valence-corrected chi connectivity index (χ1v) is 16.4. The minimum atomic E-state index is -0.0641. The van der Waals surface area contributed by atoms with Crippen molar-refractivity contribution in [2.75, 3.05) is 4.90 Å². The molecule has 1 aliphatic rings. The van der Waals surface area contributed by atoms with Crippen molar-refractivity contribution in [3.63, 3.8) is 0 Å². The third kappa shape index (κ3) is 3.99. The molecule has 8 aromatic rings. The van der Waals surface area contributed by atoms with E-state index in [0.717, 1.165) is 11.4 Å². The first-order chi connectivity index (χ1) is 22.1. The quantitative estimate of drug-likeness (QED) is 0.196. The molecule has 1 aromatic heterocycles. The maximum atomic E-state index is 2.47. The fourth-order valence-corrected chi connectivity index (χ4v) is 8.59. The van der Waals surface area contributed by atoms with Gasteiger partial charge in [-0.1, -0.05) is 129 Å². The number of benzene rings is 7. The van der Waals surface area contributed by atoms with E-state index in [-0.39, 0.29) is 5.41 Å². The maximum absolute atomic E-state index is 2.47. The Bertz CT molecular complexity index is 2400. The van der Waals surface area contributed by atoms with Gasteiger partial charge >= 0.3 is 0 Å². The van der Waals surface area contributed by atoms with Gasteiger partial charge in [-0.3, -0.25) is 0 Å². The van der Waals surface area contributed by atoms with Gasteiger partial charge in [0.05, 0.1) is 5.69 Å². The van der Waals surface area contributed by atoms with Gasteiger partial charge in [-0.05, 0) is 75.2 Å². The smallest absolute Gasteiger partial charge is 0.0546 e. The highest BCUT2D eigenvalue weighted by molar-refractivity contribution is 7.25. The molecule has 1 heterocycles. The summed E-state index contributed by atoms with van der Waals surface area (Å²) >= 11 is 1.87. The summed E-state index contributed by atoms with van der Waals surface area (Å²) in [7, 11) is 0. The second-order valence-electron chi connectivity index (χ2n) is 12.6. The highest BCUT2D eigenvalue weighted by Gasteiger charge is 2.37. The molecule has 0 aliphatic heterocycles. The van der Waals surface area contributed by atoms with Gasteiger partial charge in [0.15, 0.2) is 0 Å². The Morgan fingerprint density at radius 2 is 1.22 bits per heavy atom. The van der Waals surface area contributed by atoms with Crippen molar-refractivity contribution >= 4 is 59.3 Å². The number of hydrogen-bond acceptors (Lipinski definition) is 2. The Hall–Kier alpha value is -5.18. The Morgan fingerprint density at radius 1 is 0.511 bits per heavy atom. The van der Waals surface area contributed by atoms with Gasteiger partial charge in [0.2, 0.25) is 0 Å². The molecular formula is C43H31NS. The van der Waals surface area contributed by atoms with Gasteiger partial charge in [0, 0.05) is 42.3 Å². The van der Waals surface area contributed by atoms with Crippen molar-refractivity contribution in [3.05, 3.63) is 163 Å². The first-order valence-electron chi connectivity index (χ1n) is 15.6. The lowest BCUT2D eigenvalue weighted by molar-refractivity contribution is 0.661. The molecule has 0 saturated heterocycles. The van der Waals surface area contributed by atoms with Gasteiger partial charge in [-0.15, -0.1) is 11.3 Å². The predicted molar refractivity (Wildman–Crippen MR) is 195 cm³/mol. The van der Waals surface area contributed by atoms with Crippen molar-refractivity contribution in [1.29, 1.82) is 0 Å². The second-order valence-corrected chi connectivity index (χ2v) is 13.6. The van der Waals surface area contributed by atoms with Gasteiger partial charge in [0.1, 0.15) is 0 Å². The van der Waals surface area contributed by atoms with Gasteiger partial charge in [-0.25, -0.2) is 0 Å². The molecule has 0 radical (unpaired) electrons. The van der Waals surface area contributed by atoms with Gasteiger partial charge in [0.25, 0.3) is 0 Å². The second kappa shape index (κ2) is 9.92. The van der Waals surface area contributed by atoms with Crippen LogP contribution in [0.5, 0.6) is 0 Å². The average Bonchev–Trinajstić information content (AvgIpc) is 3.57. The molecule has 1 nitrogen and oxygen atoms in total. The lowest BCUT2D eigenvalue weighted by Crippen LogP contribution is -2.15. The molecule has 45 heavy (non-hydrogen) atoms. The summed E-state index contributed by atoms with van der Waals surface area (Å²) in [5.74, 6) is 0. The molecule has 0 fully saturated rings. The summed E-state index contributed by atoms with van der Waals surface area (Å²) in [4.78, 5) is 2.47. The molecule has 0 amide bonds. The minimum absolute atomic E-state index is 0.0641. The van der Waals surface area contributed by atoms with E-state index in [1.54, 1.807) is 0 Å². The number of anilines is 3. The third-order valence-corrected chi connectivity index (χ3v) is 10.8. The van der Waals surface area contributed by atoms with E-state index in [4.69, 9.17) is 0 Å². The summed E-state index contributed by atoms with van der Waals surface area (Å²) in [6, 6.07) is 55.8. The molecule has 0 spiro atoms. The van der Waals surface area contributed by atoms with Crippen LogP contribution in [0.3, 0.4) is 0 Å². The number of thiophene rings is 1. The first kappa shape index (κ1) is 26.2. The number of fused-ring (bicyclic) bond motifs is 8. The van der Waals surface area contributed by atoms with Crippen molar-refractivity contribution in [3.8, 4) is 22.3 Å². The number of nitrogens with zero attached hydrogens (tertiary/aromatic N) is 1.